The van der Waals surface area contributed by atoms with E-state index in [0.717, 1.165) is 66.4 Å². The highest BCUT2D eigenvalue weighted by atomic mass is 16.6. The third-order valence-corrected chi connectivity index (χ3v) is 8.25. The number of aromatic nitrogens is 2. The van der Waals surface area contributed by atoms with Gasteiger partial charge in [0.25, 0.3) is 5.88 Å². The Morgan fingerprint density at radius 3 is 1.98 bits per heavy atom. The Balaban J connectivity index is 1.01. The quantitative estimate of drug-likeness (QED) is 0.157. The van der Waals surface area contributed by atoms with Crippen LogP contribution in [0.3, 0.4) is 0 Å². The van der Waals surface area contributed by atoms with Crippen molar-refractivity contribution in [2.45, 2.75) is 32.3 Å². The van der Waals surface area contributed by atoms with Gasteiger partial charge in [0.2, 0.25) is 5.75 Å². The molecule has 1 saturated heterocycles. The molecule has 0 N–H and O–H groups in total. The molecule has 240 valence electrons. The maximum absolute atomic E-state index is 6.31. The number of morpholine rings is 1. The Morgan fingerprint density at radius 2 is 1.31 bits per heavy atom. The first-order valence-corrected chi connectivity index (χ1v) is 16.2. The fraction of sp³-hybridized carbons (Fsp3) is 0.225. The zero-order chi connectivity index (χ0) is 32.4. The van der Waals surface area contributed by atoms with Crippen molar-refractivity contribution in [3.05, 3.63) is 155 Å². The molecule has 2 aliphatic rings. The van der Waals surface area contributed by atoms with Gasteiger partial charge in [0.05, 0.1) is 18.9 Å². The van der Waals surface area contributed by atoms with Crippen LogP contribution in [-0.2, 0) is 29.3 Å². The molecule has 1 aromatic heterocycles. The van der Waals surface area contributed by atoms with Gasteiger partial charge in [-0.2, -0.15) is 4.98 Å². The third kappa shape index (κ3) is 8.07. The summed E-state index contributed by atoms with van der Waals surface area (Å²) in [5.74, 6) is 7.39. The second-order valence-electron chi connectivity index (χ2n) is 11.7. The minimum absolute atomic E-state index is 0.338. The largest absolute Gasteiger partial charge is 0.482 e. The molecule has 1 unspecified atom stereocenters. The molecule has 0 spiro atoms. The first kappa shape index (κ1) is 31.1. The average Bonchev–Trinajstić information content (AvgIpc) is 3.65. The molecule has 0 amide bonds. The molecule has 5 aromatic rings. The molecule has 8 heteroatoms. The lowest BCUT2D eigenvalue weighted by atomic mass is 10.0. The van der Waals surface area contributed by atoms with E-state index in [4.69, 9.17) is 19.0 Å². The van der Waals surface area contributed by atoms with Gasteiger partial charge in [0.15, 0.2) is 6.10 Å². The van der Waals surface area contributed by atoms with Gasteiger partial charge in [-0.25, -0.2) is 4.98 Å². The molecular weight excluding hydrogens is 600 g/mol. The van der Waals surface area contributed by atoms with E-state index in [2.05, 4.69) is 56.1 Å². The highest BCUT2D eigenvalue weighted by molar-refractivity contribution is 6.01. The third-order valence-electron chi connectivity index (χ3n) is 8.25. The Hall–Kier alpha value is -5.49. The summed E-state index contributed by atoms with van der Waals surface area (Å²) in [7, 11) is 0. The van der Waals surface area contributed by atoms with Gasteiger partial charge >= 0.3 is 0 Å². The van der Waals surface area contributed by atoms with Crippen LogP contribution in [0, 0.1) is 11.8 Å². The maximum Gasteiger partial charge on any atom is 0.261 e. The van der Waals surface area contributed by atoms with Crippen molar-refractivity contribution >= 4 is 5.71 Å². The molecule has 48 heavy (non-hydrogen) atoms. The normalized spacial score (nSPS) is 15.9. The topological polar surface area (TPSA) is 78.3 Å². The summed E-state index contributed by atoms with van der Waals surface area (Å²) in [5.41, 5.74) is 7.66. The zero-order valence-corrected chi connectivity index (χ0v) is 26.6. The maximum atomic E-state index is 6.31. The lowest BCUT2D eigenvalue weighted by molar-refractivity contribution is 0.0342. The Labute approximate surface area is 281 Å². The predicted octanol–water partition coefficient (Wildman–Crippen LogP) is 6.73. The van der Waals surface area contributed by atoms with Crippen LogP contribution in [0.15, 0.2) is 121 Å². The first-order chi connectivity index (χ1) is 23.8. The fourth-order valence-corrected chi connectivity index (χ4v) is 5.59. The summed E-state index contributed by atoms with van der Waals surface area (Å²) >= 11 is 0. The Morgan fingerprint density at radius 1 is 0.688 bits per heavy atom. The highest BCUT2D eigenvalue weighted by Crippen LogP contribution is 2.38. The molecule has 0 saturated carbocycles. The van der Waals surface area contributed by atoms with E-state index in [-0.39, 0.29) is 0 Å². The van der Waals surface area contributed by atoms with Gasteiger partial charge in [-0.15, -0.1) is 0 Å². The van der Waals surface area contributed by atoms with Crippen LogP contribution in [0.4, 0.5) is 0 Å². The van der Waals surface area contributed by atoms with Crippen LogP contribution >= 0.6 is 0 Å². The fourth-order valence-electron chi connectivity index (χ4n) is 5.59. The number of oxime groups is 1. The average molecular weight is 637 g/mol. The van der Waals surface area contributed by atoms with Crippen molar-refractivity contribution in [2.75, 3.05) is 26.3 Å². The molecule has 7 rings (SSSR count). The van der Waals surface area contributed by atoms with E-state index in [1.165, 1.54) is 11.9 Å². The summed E-state index contributed by atoms with van der Waals surface area (Å²) in [4.78, 5) is 17.4. The lowest BCUT2D eigenvalue weighted by Gasteiger charge is -2.26. The summed E-state index contributed by atoms with van der Waals surface area (Å²) < 4.78 is 17.9. The van der Waals surface area contributed by atoms with Crippen LogP contribution in [0.25, 0.3) is 0 Å². The van der Waals surface area contributed by atoms with Crippen molar-refractivity contribution in [3.8, 4) is 23.5 Å². The second kappa shape index (κ2) is 15.4. The van der Waals surface area contributed by atoms with E-state index >= 15 is 0 Å². The van der Waals surface area contributed by atoms with Crippen molar-refractivity contribution < 1.29 is 19.0 Å². The lowest BCUT2D eigenvalue weighted by Crippen LogP contribution is -2.35. The van der Waals surface area contributed by atoms with Crippen molar-refractivity contribution in [2.24, 2.45) is 5.16 Å². The van der Waals surface area contributed by atoms with E-state index < -0.39 is 6.10 Å². The summed E-state index contributed by atoms with van der Waals surface area (Å²) in [6.07, 6.45) is 1.56. The van der Waals surface area contributed by atoms with Gasteiger partial charge in [-0.1, -0.05) is 102 Å². The molecule has 1 fully saturated rings. The van der Waals surface area contributed by atoms with Crippen LogP contribution in [0.5, 0.6) is 11.6 Å². The Bertz CT molecular complexity index is 1880. The minimum Gasteiger partial charge on any atom is -0.482 e. The number of hydrogen-bond donors (Lipinski definition) is 0. The standard InChI is InChI=1S/C40H36N4O4/c1-3-7-33(8-4-1)27-46-39-38(41-29-42-40(39)47-28-34-9-5-2-6-10-34)37-25-36(43-48-37)35-19-17-31(18-20-35)12-11-30-13-15-32(16-14-30)26-44-21-23-45-24-22-44/h1-10,13-20,29,37H,21-28H2. The number of rotatable bonds is 10. The number of hydrogen-bond acceptors (Lipinski definition) is 8. The first-order valence-electron chi connectivity index (χ1n) is 16.2. The van der Waals surface area contributed by atoms with Gasteiger partial charge in [0.1, 0.15) is 25.2 Å². The molecule has 1 atom stereocenters. The van der Waals surface area contributed by atoms with Crippen LogP contribution < -0.4 is 9.47 Å². The number of nitrogens with zero attached hydrogens (tertiary/aromatic N) is 4. The van der Waals surface area contributed by atoms with E-state index in [0.29, 0.717) is 37.0 Å². The van der Waals surface area contributed by atoms with Crippen molar-refractivity contribution in [1.82, 2.24) is 14.9 Å². The second-order valence-corrected chi connectivity index (χ2v) is 11.7. The minimum atomic E-state index is -0.446. The van der Waals surface area contributed by atoms with Gasteiger partial charge in [-0.05, 0) is 46.5 Å². The molecule has 8 nitrogen and oxygen atoms in total. The Kier molecular flexibility index (Phi) is 9.99. The van der Waals surface area contributed by atoms with Crippen LogP contribution in [0.2, 0.25) is 0 Å². The summed E-state index contributed by atoms with van der Waals surface area (Å²) in [6.45, 7) is 5.20. The van der Waals surface area contributed by atoms with Crippen molar-refractivity contribution in [1.29, 1.82) is 0 Å². The molecule has 4 aromatic carbocycles. The van der Waals surface area contributed by atoms with Gasteiger partial charge in [-0.3, -0.25) is 4.90 Å². The van der Waals surface area contributed by atoms with Gasteiger partial charge in [0, 0.05) is 37.2 Å². The molecular formula is C40H36N4O4. The van der Waals surface area contributed by atoms with Gasteiger partial charge < -0.3 is 19.0 Å². The highest BCUT2D eigenvalue weighted by Gasteiger charge is 2.30. The summed E-state index contributed by atoms with van der Waals surface area (Å²) in [6, 6.07) is 36.5. The predicted molar refractivity (Wildman–Crippen MR) is 184 cm³/mol. The zero-order valence-electron chi connectivity index (χ0n) is 26.6. The van der Waals surface area contributed by atoms with E-state index in [1.807, 2.05) is 84.9 Å². The molecule has 0 radical (unpaired) electrons. The summed E-state index contributed by atoms with van der Waals surface area (Å²) in [5, 5.41) is 4.43. The van der Waals surface area contributed by atoms with E-state index in [9.17, 15) is 0 Å². The van der Waals surface area contributed by atoms with Crippen LogP contribution in [0.1, 0.15) is 51.6 Å². The molecule has 2 aliphatic heterocycles. The SMILES string of the molecule is C(#Cc1ccc(C2=NOC(c3ncnc(OCc4ccccc4)c3OCc3ccccc3)C2)cc1)c1ccc(CN2CCOCC2)cc1. The molecule has 0 aliphatic carbocycles. The van der Waals surface area contributed by atoms with E-state index in [1.54, 1.807) is 0 Å². The molecule has 0 bridgehead atoms. The smallest absolute Gasteiger partial charge is 0.261 e. The van der Waals surface area contributed by atoms with Crippen molar-refractivity contribution in [3.63, 3.8) is 0 Å². The monoisotopic (exact) mass is 636 g/mol. The number of ether oxygens (including phenoxy) is 3. The molecule has 3 heterocycles. The number of benzene rings is 4. The van der Waals surface area contributed by atoms with Crippen LogP contribution in [-0.4, -0.2) is 46.9 Å².